The number of rotatable bonds is 6. The summed E-state index contributed by atoms with van der Waals surface area (Å²) in [6, 6.07) is 1.10. The van der Waals surface area contributed by atoms with Crippen LogP contribution in [-0.4, -0.2) is 32.8 Å². The molecule has 0 bridgehead atoms. The van der Waals surface area contributed by atoms with Crippen molar-refractivity contribution in [2.45, 2.75) is 46.7 Å². The predicted octanol–water partition coefficient (Wildman–Crippen LogP) is 1.12. The quantitative estimate of drug-likeness (QED) is 0.808. The van der Waals surface area contributed by atoms with Gasteiger partial charge in [-0.15, -0.1) is 0 Å². The van der Waals surface area contributed by atoms with Crippen LogP contribution in [0.1, 0.15) is 31.7 Å². The fourth-order valence-corrected chi connectivity index (χ4v) is 1.87. The number of carboxylic acid groups (broad SMARTS) is 1. The molecule has 1 amide bonds. The molecule has 2 N–H and O–H groups in total. The molecule has 1 rings (SSSR count). The van der Waals surface area contributed by atoms with Crippen LogP contribution in [0.25, 0.3) is 0 Å². The first-order valence-corrected chi connectivity index (χ1v) is 6.34. The standard InChI is InChI=1S/C13H21N3O3/c1-8(2)12(13(18)19)14-11(17)5-6-16-10(4)7-9(3)15-16/h7-8,12H,5-6H2,1-4H3,(H,14,17)(H,18,19). The molecule has 0 aliphatic heterocycles. The highest BCUT2D eigenvalue weighted by atomic mass is 16.4. The minimum Gasteiger partial charge on any atom is -0.480 e. The Balaban J connectivity index is 2.52. The number of hydrogen-bond donors (Lipinski definition) is 2. The highest BCUT2D eigenvalue weighted by Crippen LogP contribution is 2.04. The van der Waals surface area contributed by atoms with Crippen LogP contribution < -0.4 is 5.32 Å². The van der Waals surface area contributed by atoms with Gasteiger partial charge in [0.2, 0.25) is 5.91 Å². The number of aromatic nitrogens is 2. The van der Waals surface area contributed by atoms with Crippen molar-refractivity contribution in [2.24, 2.45) is 5.92 Å². The van der Waals surface area contributed by atoms with Crippen LogP contribution in [0.4, 0.5) is 0 Å². The van der Waals surface area contributed by atoms with Crippen molar-refractivity contribution in [3.63, 3.8) is 0 Å². The van der Waals surface area contributed by atoms with Gasteiger partial charge in [-0.1, -0.05) is 13.8 Å². The number of carbonyl (C=O) groups is 2. The molecule has 1 atom stereocenters. The normalized spacial score (nSPS) is 12.5. The molecule has 19 heavy (non-hydrogen) atoms. The number of carbonyl (C=O) groups excluding carboxylic acids is 1. The van der Waals surface area contributed by atoms with Gasteiger partial charge in [0.1, 0.15) is 6.04 Å². The summed E-state index contributed by atoms with van der Waals surface area (Å²) >= 11 is 0. The van der Waals surface area contributed by atoms with Crippen LogP contribution in [0.3, 0.4) is 0 Å². The molecular formula is C13H21N3O3. The van der Waals surface area contributed by atoms with Gasteiger partial charge in [0.15, 0.2) is 0 Å². The van der Waals surface area contributed by atoms with Crippen molar-refractivity contribution in [2.75, 3.05) is 0 Å². The van der Waals surface area contributed by atoms with Crippen molar-refractivity contribution < 1.29 is 14.7 Å². The molecule has 6 nitrogen and oxygen atoms in total. The predicted molar refractivity (Wildman–Crippen MR) is 70.7 cm³/mol. The van der Waals surface area contributed by atoms with Crippen LogP contribution in [0.2, 0.25) is 0 Å². The van der Waals surface area contributed by atoms with Gasteiger partial charge >= 0.3 is 5.97 Å². The van der Waals surface area contributed by atoms with Gasteiger partial charge < -0.3 is 10.4 Å². The van der Waals surface area contributed by atoms with E-state index in [9.17, 15) is 9.59 Å². The molecule has 106 valence electrons. The topological polar surface area (TPSA) is 84.2 Å². The summed E-state index contributed by atoms with van der Waals surface area (Å²) in [5.74, 6) is -1.42. The maximum absolute atomic E-state index is 11.7. The van der Waals surface area contributed by atoms with Crippen molar-refractivity contribution in [1.29, 1.82) is 0 Å². The Kier molecular flexibility index (Phi) is 5.09. The molecule has 0 spiro atoms. The number of aliphatic carboxylic acids is 1. The summed E-state index contributed by atoms with van der Waals surface area (Å²) in [6.07, 6.45) is 0.221. The monoisotopic (exact) mass is 267 g/mol. The molecule has 0 aliphatic rings. The number of amides is 1. The van der Waals surface area contributed by atoms with Crippen LogP contribution in [0.15, 0.2) is 6.07 Å². The van der Waals surface area contributed by atoms with E-state index in [0.29, 0.717) is 6.54 Å². The lowest BCUT2D eigenvalue weighted by Gasteiger charge is -2.17. The van der Waals surface area contributed by atoms with Gasteiger partial charge in [-0.25, -0.2) is 4.79 Å². The maximum atomic E-state index is 11.7. The lowest BCUT2D eigenvalue weighted by molar-refractivity contribution is -0.143. The van der Waals surface area contributed by atoms with Crippen LogP contribution in [0.5, 0.6) is 0 Å². The molecule has 1 aromatic rings. The number of aryl methyl sites for hydroxylation is 3. The van der Waals surface area contributed by atoms with Gasteiger partial charge in [-0.05, 0) is 25.8 Å². The Morgan fingerprint density at radius 3 is 2.47 bits per heavy atom. The lowest BCUT2D eigenvalue weighted by atomic mass is 10.0. The second-order valence-corrected chi connectivity index (χ2v) is 5.03. The molecule has 1 unspecified atom stereocenters. The Morgan fingerprint density at radius 2 is 2.05 bits per heavy atom. The fourth-order valence-electron chi connectivity index (χ4n) is 1.87. The average molecular weight is 267 g/mol. The van der Waals surface area contributed by atoms with Gasteiger partial charge in [-0.3, -0.25) is 9.48 Å². The minimum atomic E-state index is -1.01. The van der Waals surface area contributed by atoms with E-state index in [4.69, 9.17) is 5.11 Å². The van der Waals surface area contributed by atoms with E-state index in [1.54, 1.807) is 18.5 Å². The molecule has 0 aromatic carbocycles. The van der Waals surface area contributed by atoms with E-state index in [1.807, 2.05) is 19.9 Å². The van der Waals surface area contributed by atoms with E-state index in [1.165, 1.54) is 0 Å². The zero-order valence-corrected chi connectivity index (χ0v) is 11.8. The van der Waals surface area contributed by atoms with Crippen molar-refractivity contribution in [3.05, 3.63) is 17.5 Å². The minimum absolute atomic E-state index is 0.143. The highest BCUT2D eigenvalue weighted by Gasteiger charge is 2.23. The maximum Gasteiger partial charge on any atom is 0.326 e. The molecule has 6 heteroatoms. The summed E-state index contributed by atoms with van der Waals surface area (Å²) in [7, 11) is 0. The Labute approximate surface area is 112 Å². The summed E-state index contributed by atoms with van der Waals surface area (Å²) in [4.78, 5) is 22.7. The van der Waals surface area contributed by atoms with Gasteiger partial charge in [-0.2, -0.15) is 5.10 Å². The molecule has 0 radical (unpaired) electrons. The molecule has 0 saturated carbocycles. The van der Waals surface area contributed by atoms with Crippen LogP contribution >= 0.6 is 0 Å². The highest BCUT2D eigenvalue weighted by molar-refractivity contribution is 5.83. The number of nitrogens with one attached hydrogen (secondary N) is 1. The van der Waals surface area contributed by atoms with Gasteiger partial charge in [0.25, 0.3) is 0 Å². The molecule has 1 heterocycles. The largest absolute Gasteiger partial charge is 0.480 e. The zero-order chi connectivity index (χ0) is 14.6. The Morgan fingerprint density at radius 1 is 1.42 bits per heavy atom. The van der Waals surface area contributed by atoms with Gasteiger partial charge in [0, 0.05) is 18.7 Å². The smallest absolute Gasteiger partial charge is 0.326 e. The Hall–Kier alpha value is -1.85. The van der Waals surface area contributed by atoms with Crippen LogP contribution in [0, 0.1) is 19.8 Å². The lowest BCUT2D eigenvalue weighted by Crippen LogP contribution is -2.44. The second kappa shape index (κ2) is 6.36. The first kappa shape index (κ1) is 15.2. The first-order chi connectivity index (χ1) is 8.81. The summed E-state index contributed by atoms with van der Waals surface area (Å²) in [5.41, 5.74) is 1.90. The SMILES string of the molecule is Cc1cc(C)n(CCC(=O)NC(C(=O)O)C(C)C)n1. The summed E-state index contributed by atoms with van der Waals surface area (Å²) in [6.45, 7) is 7.80. The van der Waals surface area contributed by atoms with E-state index in [0.717, 1.165) is 11.4 Å². The second-order valence-electron chi connectivity index (χ2n) is 5.03. The summed E-state index contributed by atoms with van der Waals surface area (Å²) < 4.78 is 1.75. The first-order valence-electron chi connectivity index (χ1n) is 6.34. The number of carboxylic acids is 1. The molecule has 0 aliphatic carbocycles. The third kappa shape index (κ3) is 4.39. The Bertz CT molecular complexity index is 466. The van der Waals surface area contributed by atoms with E-state index < -0.39 is 12.0 Å². The third-order valence-corrected chi connectivity index (χ3v) is 2.90. The van der Waals surface area contributed by atoms with E-state index in [2.05, 4.69) is 10.4 Å². The molecule has 1 aromatic heterocycles. The van der Waals surface area contributed by atoms with E-state index >= 15 is 0 Å². The third-order valence-electron chi connectivity index (χ3n) is 2.90. The van der Waals surface area contributed by atoms with Crippen LogP contribution in [-0.2, 0) is 16.1 Å². The number of hydrogen-bond acceptors (Lipinski definition) is 3. The molecular weight excluding hydrogens is 246 g/mol. The van der Waals surface area contributed by atoms with Crippen molar-refractivity contribution in [3.8, 4) is 0 Å². The molecule has 0 saturated heterocycles. The average Bonchev–Trinajstić information content (AvgIpc) is 2.61. The van der Waals surface area contributed by atoms with E-state index in [-0.39, 0.29) is 18.2 Å². The molecule has 0 fully saturated rings. The summed E-state index contributed by atoms with van der Waals surface area (Å²) in [5, 5.41) is 15.8. The fraction of sp³-hybridized carbons (Fsp3) is 0.615. The zero-order valence-electron chi connectivity index (χ0n) is 11.8. The van der Waals surface area contributed by atoms with Crippen molar-refractivity contribution in [1.82, 2.24) is 15.1 Å². The van der Waals surface area contributed by atoms with Gasteiger partial charge in [0.05, 0.1) is 5.69 Å². The number of nitrogens with zero attached hydrogens (tertiary/aromatic N) is 2. The van der Waals surface area contributed by atoms with Crippen molar-refractivity contribution >= 4 is 11.9 Å².